The van der Waals surface area contributed by atoms with Crippen LogP contribution in [-0.4, -0.2) is 71.3 Å². The van der Waals surface area contributed by atoms with Crippen LogP contribution in [0.15, 0.2) is 30.6 Å². The summed E-state index contributed by atoms with van der Waals surface area (Å²) in [5.41, 5.74) is 3.85. The van der Waals surface area contributed by atoms with Crippen LogP contribution >= 0.6 is 0 Å². The van der Waals surface area contributed by atoms with Gasteiger partial charge in [-0.2, -0.15) is 0 Å². The molecule has 1 saturated carbocycles. The van der Waals surface area contributed by atoms with Gasteiger partial charge in [0.1, 0.15) is 17.0 Å². The van der Waals surface area contributed by atoms with Crippen molar-refractivity contribution in [3.63, 3.8) is 0 Å². The number of aryl methyl sites for hydroxylation is 1. The zero-order chi connectivity index (χ0) is 24.2. The number of hydrogen-bond acceptors (Lipinski definition) is 9. The standard InChI is InChI=1S/C25H31N7O3/c1-16-13-21(24(33)26-2)31-25(29-16)30-17-3-5-19(6-4-17)35-22-15-18(32-9-11-34-12-10-32)14-20-23(22)28-8-7-27-20/h7-8,13-15,17,19H,3-6,9-12H2,1-2H3,(H,26,33)(H,29,30,31)/t17-,19+. The molecule has 10 nitrogen and oxygen atoms in total. The predicted molar refractivity (Wildman–Crippen MR) is 133 cm³/mol. The summed E-state index contributed by atoms with van der Waals surface area (Å²) in [5.74, 6) is 1.06. The molecule has 0 bridgehead atoms. The quantitative estimate of drug-likeness (QED) is 0.553. The van der Waals surface area contributed by atoms with Gasteiger partial charge in [-0.15, -0.1) is 0 Å². The fourth-order valence-electron chi connectivity index (χ4n) is 4.69. The van der Waals surface area contributed by atoms with E-state index in [1.54, 1.807) is 25.5 Å². The lowest BCUT2D eigenvalue weighted by atomic mass is 9.93. The fraction of sp³-hybridized carbons (Fsp3) is 0.480. The highest BCUT2D eigenvalue weighted by molar-refractivity contribution is 5.92. The smallest absolute Gasteiger partial charge is 0.269 e. The highest BCUT2D eigenvalue weighted by Gasteiger charge is 2.25. The van der Waals surface area contributed by atoms with Gasteiger partial charge < -0.3 is 25.0 Å². The van der Waals surface area contributed by atoms with Gasteiger partial charge in [0.15, 0.2) is 0 Å². The summed E-state index contributed by atoms with van der Waals surface area (Å²) >= 11 is 0. The van der Waals surface area contributed by atoms with Crippen LogP contribution in [0.3, 0.4) is 0 Å². The molecular formula is C25H31N7O3. The molecule has 0 radical (unpaired) electrons. The Morgan fingerprint density at radius 1 is 1.06 bits per heavy atom. The molecule has 2 fully saturated rings. The third-order valence-corrected chi connectivity index (χ3v) is 6.51. The monoisotopic (exact) mass is 477 g/mol. The normalized spacial score (nSPS) is 20.5. The molecule has 1 amide bonds. The van der Waals surface area contributed by atoms with E-state index in [0.717, 1.165) is 80.2 Å². The van der Waals surface area contributed by atoms with Crippen molar-refractivity contribution in [1.82, 2.24) is 25.3 Å². The number of carbonyl (C=O) groups is 1. The Morgan fingerprint density at radius 3 is 2.60 bits per heavy atom. The molecule has 0 unspecified atom stereocenters. The van der Waals surface area contributed by atoms with E-state index in [1.165, 1.54) is 0 Å². The Labute approximate surface area is 204 Å². The third-order valence-electron chi connectivity index (χ3n) is 6.51. The van der Waals surface area contributed by atoms with E-state index in [1.807, 2.05) is 6.92 Å². The molecule has 3 heterocycles. The number of hydrogen-bond donors (Lipinski definition) is 2. The second-order valence-corrected chi connectivity index (χ2v) is 9.00. The zero-order valence-electron chi connectivity index (χ0n) is 20.2. The van der Waals surface area contributed by atoms with Crippen molar-refractivity contribution < 1.29 is 14.3 Å². The van der Waals surface area contributed by atoms with Crippen molar-refractivity contribution in [2.75, 3.05) is 43.6 Å². The van der Waals surface area contributed by atoms with Crippen LogP contribution in [0.4, 0.5) is 11.6 Å². The van der Waals surface area contributed by atoms with Crippen LogP contribution in [-0.2, 0) is 4.74 Å². The molecule has 0 atom stereocenters. The van der Waals surface area contributed by atoms with E-state index in [-0.39, 0.29) is 18.1 Å². The summed E-state index contributed by atoms with van der Waals surface area (Å²) in [6.45, 7) is 5.01. The maximum Gasteiger partial charge on any atom is 0.269 e. The Balaban J connectivity index is 1.26. The van der Waals surface area contributed by atoms with E-state index in [4.69, 9.17) is 9.47 Å². The Kier molecular flexibility index (Phi) is 6.89. The molecule has 5 rings (SSSR count). The minimum absolute atomic E-state index is 0.0954. The first kappa shape index (κ1) is 23.2. The Bertz CT molecular complexity index is 1190. The summed E-state index contributed by atoms with van der Waals surface area (Å²) in [6, 6.07) is 6.09. The van der Waals surface area contributed by atoms with Gasteiger partial charge in [0.05, 0.1) is 24.8 Å². The van der Waals surface area contributed by atoms with Gasteiger partial charge in [0, 0.05) is 56.0 Å². The number of ether oxygens (including phenoxy) is 2. The minimum Gasteiger partial charge on any atom is -0.488 e. The summed E-state index contributed by atoms with van der Waals surface area (Å²) in [5, 5.41) is 6.02. The van der Waals surface area contributed by atoms with Crippen LogP contribution in [0.25, 0.3) is 11.0 Å². The number of amides is 1. The van der Waals surface area contributed by atoms with E-state index in [9.17, 15) is 4.79 Å². The molecule has 2 aromatic heterocycles. The van der Waals surface area contributed by atoms with Crippen molar-refractivity contribution in [2.24, 2.45) is 0 Å². The van der Waals surface area contributed by atoms with E-state index >= 15 is 0 Å². The molecule has 1 aromatic carbocycles. The van der Waals surface area contributed by atoms with Crippen LogP contribution in [0, 0.1) is 6.92 Å². The average molecular weight is 478 g/mol. The van der Waals surface area contributed by atoms with Gasteiger partial charge in [-0.05, 0) is 44.7 Å². The van der Waals surface area contributed by atoms with Gasteiger partial charge in [0.25, 0.3) is 5.91 Å². The number of fused-ring (bicyclic) bond motifs is 1. The van der Waals surface area contributed by atoms with E-state index in [2.05, 4.69) is 47.6 Å². The lowest BCUT2D eigenvalue weighted by Crippen LogP contribution is -2.36. The summed E-state index contributed by atoms with van der Waals surface area (Å²) in [6.07, 6.45) is 7.16. The number of anilines is 2. The Hall–Kier alpha value is -3.53. The fourth-order valence-corrected chi connectivity index (χ4v) is 4.69. The van der Waals surface area contributed by atoms with Gasteiger partial charge in [0.2, 0.25) is 5.95 Å². The third kappa shape index (κ3) is 5.43. The lowest BCUT2D eigenvalue weighted by Gasteiger charge is -2.31. The minimum atomic E-state index is -0.217. The number of nitrogens with one attached hydrogen (secondary N) is 2. The van der Waals surface area contributed by atoms with Crippen molar-refractivity contribution in [1.29, 1.82) is 0 Å². The predicted octanol–water partition coefficient (Wildman–Crippen LogP) is 2.73. The van der Waals surface area contributed by atoms with Crippen molar-refractivity contribution in [3.8, 4) is 5.75 Å². The molecule has 184 valence electrons. The average Bonchev–Trinajstić information content (AvgIpc) is 2.89. The second kappa shape index (κ2) is 10.4. The Morgan fingerprint density at radius 2 is 1.83 bits per heavy atom. The van der Waals surface area contributed by atoms with Gasteiger partial charge >= 0.3 is 0 Å². The number of nitrogens with zero attached hydrogens (tertiary/aromatic N) is 5. The number of benzene rings is 1. The van der Waals surface area contributed by atoms with Crippen LogP contribution in [0.2, 0.25) is 0 Å². The molecule has 1 saturated heterocycles. The van der Waals surface area contributed by atoms with Crippen LogP contribution < -0.4 is 20.3 Å². The second-order valence-electron chi connectivity index (χ2n) is 9.00. The van der Waals surface area contributed by atoms with Crippen LogP contribution in [0.5, 0.6) is 5.75 Å². The molecule has 2 N–H and O–H groups in total. The number of aromatic nitrogens is 4. The number of carbonyl (C=O) groups excluding carboxylic acids is 1. The SMILES string of the molecule is CNC(=O)c1cc(C)nc(N[C@H]2CC[C@@H](Oc3cc(N4CCOCC4)cc4nccnc34)CC2)n1. The van der Waals surface area contributed by atoms with Crippen LogP contribution in [0.1, 0.15) is 41.9 Å². The first-order valence-electron chi connectivity index (χ1n) is 12.2. The molecular weight excluding hydrogens is 446 g/mol. The molecule has 10 heteroatoms. The van der Waals surface area contributed by atoms with Gasteiger partial charge in [-0.1, -0.05) is 0 Å². The summed E-state index contributed by atoms with van der Waals surface area (Å²) in [4.78, 5) is 32.2. The number of rotatable bonds is 6. The maximum atomic E-state index is 12.0. The van der Waals surface area contributed by atoms with Crippen molar-refractivity contribution in [2.45, 2.75) is 44.8 Å². The molecule has 0 spiro atoms. The molecule has 3 aromatic rings. The molecule has 1 aliphatic heterocycles. The topological polar surface area (TPSA) is 114 Å². The van der Waals surface area contributed by atoms with Crippen molar-refractivity contribution in [3.05, 3.63) is 42.0 Å². The highest BCUT2D eigenvalue weighted by Crippen LogP contribution is 2.33. The first-order chi connectivity index (χ1) is 17.1. The highest BCUT2D eigenvalue weighted by atomic mass is 16.5. The number of morpholine rings is 1. The van der Waals surface area contributed by atoms with E-state index in [0.29, 0.717) is 11.6 Å². The molecule has 2 aliphatic rings. The first-order valence-corrected chi connectivity index (χ1v) is 12.2. The van der Waals surface area contributed by atoms with Gasteiger partial charge in [-0.3, -0.25) is 9.78 Å². The lowest BCUT2D eigenvalue weighted by molar-refractivity contribution is 0.0958. The summed E-state index contributed by atoms with van der Waals surface area (Å²) in [7, 11) is 1.60. The largest absolute Gasteiger partial charge is 0.488 e. The van der Waals surface area contributed by atoms with E-state index < -0.39 is 0 Å². The van der Waals surface area contributed by atoms with Gasteiger partial charge in [-0.25, -0.2) is 15.0 Å². The zero-order valence-corrected chi connectivity index (χ0v) is 20.2. The van der Waals surface area contributed by atoms with Crippen molar-refractivity contribution >= 4 is 28.6 Å². The molecule has 35 heavy (non-hydrogen) atoms. The maximum absolute atomic E-state index is 12.0. The summed E-state index contributed by atoms with van der Waals surface area (Å²) < 4.78 is 12.0. The molecule has 1 aliphatic carbocycles.